The topological polar surface area (TPSA) is 23.9 Å². The van der Waals surface area contributed by atoms with Crippen LogP contribution in [0.3, 0.4) is 0 Å². The van der Waals surface area contributed by atoms with E-state index in [4.69, 9.17) is 3.56 Å². The van der Waals surface area contributed by atoms with Gasteiger partial charge in [0, 0.05) is 3.42 Å². The van der Waals surface area contributed by atoms with E-state index in [1.165, 1.54) is 25.7 Å². The van der Waals surface area contributed by atoms with Crippen molar-refractivity contribution in [1.82, 2.24) is 0 Å². The van der Waals surface area contributed by atoms with Crippen LogP contribution in [0.4, 0.5) is 0 Å². The molecule has 1 N–H and O–H groups in total. The standard InChI is InChI=1S/C11H22IN/c1-5-10(3)6-9(2)7-11(4,8-10)12-13/h9,13H,5-8H2,1-4H3. The van der Waals surface area contributed by atoms with Crippen LogP contribution in [-0.4, -0.2) is 3.42 Å². The summed E-state index contributed by atoms with van der Waals surface area (Å²) in [5, 5.41) is 0. The van der Waals surface area contributed by atoms with Crippen LogP contribution in [0.1, 0.15) is 53.4 Å². The van der Waals surface area contributed by atoms with Crippen LogP contribution < -0.4 is 0 Å². The maximum Gasteiger partial charge on any atom is 0.0315 e. The van der Waals surface area contributed by atoms with Gasteiger partial charge in [0.15, 0.2) is 0 Å². The molecule has 0 aromatic rings. The summed E-state index contributed by atoms with van der Waals surface area (Å²) in [6, 6.07) is 0. The van der Waals surface area contributed by atoms with Crippen LogP contribution in [0.25, 0.3) is 0 Å². The molecule has 0 aliphatic heterocycles. The van der Waals surface area contributed by atoms with Gasteiger partial charge in [-0.1, -0.05) is 27.2 Å². The molecule has 0 heterocycles. The third kappa shape index (κ3) is 2.74. The minimum absolute atomic E-state index is 0.340. The van der Waals surface area contributed by atoms with Gasteiger partial charge in [-0.3, -0.25) is 3.56 Å². The van der Waals surface area contributed by atoms with Crippen LogP contribution in [0.15, 0.2) is 0 Å². The Morgan fingerprint density at radius 1 is 1.38 bits per heavy atom. The number of rotatable bonds is 2. The fourth-order valence-corrected chi connectivity index (χ4v) is 5.10. The van der Waals surface area contributed by atoms with Crippen molar-refractivity contribution >= 4 is 21.0 Å². The van der Waals surface area contributed by atoms with Crippen molar-refractivity contribution in [2.45, 2.75) is 56.8 Å². The lowest BCUT2D eigenvalue weighted by Crippen LogP contribution is -2.37. The first-order valence-corrected chi connectivity index (χ1v) is 7.40. The second kappa shape index (κ2) is 3.95. The normalized spacial score (nSPS) is 46.3. The Morgan fingerprint density at radius 3 is 2.46 bits per heavy atom. The summed E-state index contributed by atoms with van der Waals surface area (Å²) in [5.41, 5.74) is 0.535. The molecule has 1 aliphatic rings. The van der Waals surface area contributed by atoms with Crippen molar-refractivity contribution in [3.63, 3.8) is 0 Å². The molecule has 78 valence electrons. The molecule has 3 unspecified atom stereocenters. The minimum atomic E-state index is -0.340. The van der Waals surface area contributed by atoms with E-state index in [0.29, 0.717) is 8.84 Å². The number of halogens is 1. The predicted octanol–water partition coefficient (Wildman–Crippen LogP) is 4.71. The third-order valence-electron chi connectivity index (χ3n) is 3.49. The van der Waals surface area contributed by atoms with E-state index in [0.717, 1.165) is 5.92 Å². The van der Waals surface area contributed by atoms with Gasteiger partial charge in [-0.15, -0.1) is 0 Å². The highest BCUT2D eigenvalue weighted by Crippen LogP contribution is 2.51. The molecule has 0 amide bonds. The van der Waals surface area contributed by atoms with Crippen LogP contribution in [0.2, 0.25) is 0 Å². The van der Waals surface area contributed by atoms with Gasteiger partial charge in [0.25, 0.3) is 0 Å². The second-order valence-corrected chi connectivity index (χ2v) is 8.51. The number of hydrogen-bond acceptors (Lipinski definition) is 1. The van der Waals surface area contributed by atoms with Gasteiger partial charge in [0.1, 0.15) is 0 Å². The average Bonchev–Trinajstić information content (AvgIpc) is 2.02. The van der Waals surface area contributed by atoms with Crippen LogP contribution >= 0.6 is 21.0 Å². The van der Waals surface area contributed by atoms with E-state index in [1.54, 1.807) is 0 Å². The Labute approximate surface area is 92.6 Å². The summed E-state index contributed by atoms with van der Waals surface area (Å²) in [6.45, 7) is 9.43. The summed E-state index contributed by atoms with van der Waals surface area (Å²) in [4.78, 5) is 0. The zero-order valence-corrected chi connectivity index (χ0v) is 11.4. The molecule has 1 nitrogen and oxygen atoms in total. The Bertz CT molecular complexity index is 204. The van der Waals surface area contributed by atoms with E-state index < -0.39 is 0 Å². The van der Waals surface area contributed by atoms with Gasteiger partial charge in [-0.25, -0.2) is 0 Å². The van der Waals surface area contributed by atoms with E-state index in [9.17, 15) is 0 Å². The highest BCUT2D eigenvalue weighted by molar-refractivity contribution is 14.2. The molecule has 0 saturated heterocycles. The summed E-state index contributed by atoms with van der Waals surface area (Å²) in [6.07, 6.45) is 5.27. The van der Waals surface area contributed by atoms with E-state index >= 15 is 0 Å². The molecular formula is C11H22IN. The van der Waals surface area contributed by atoms with E-state index in [-0.39, 0.29) is 21.0 Å². The average molecular weight is 295 g/mol. The summed E-state index contributed by atoms with van der Waals surface area (Å²) < 4.78 is 8.15. The number of alkyl halides is 1. The molecule has 1 aliphatic carbocycles. The molecule has 0 aromatic heterocycles. The summed E-state index contributed by atoms with van der Waals surface area (Å²) in [7, 11) is 0. The first-order chi connectivity index (χ1) is 5.93. The molecule has 2 heteroatoms. The first kappa shape index (κ1) is 11.6. The first-order valence-electron chi connectivity index (χ1n) is 5.25. The lowest BCUT2D eigenvalue weighted by Gasteiger charge is -2.44. The van der Waals surface area contributed by atoms with Crippen LogP contribution in [0, 0.1) is 14.9 Å². The van der Waals surface area contributed by atoms with Gasteiger partial charge in [-0.05, 0) is 58.6 Å². The maximum atomic E-state index is 7.75. The molecule has 1 fully saturated rings. The van der Waals surface area contributed by atoms with Gasteiger partial charge in [0.05, 0.1) is 0 Å². The zero-order valence-electron chi connectivity index (χ0n) is 9.28. The van der Waals surface area contributed by atoms with Crippen molar-refractivity contribution < 1.29 is 0 Å². The molecule has 0 spiro atoms. The maximum absolute atomic E-state index is 7.75. The largest absolute Gasteiger partial charge is 0.278 e. The van der Waals surface area contributed by atoms with Crippen molar-refractivity contribution in [2.75, 3.05) is 0 Å². The van der Waals surface area contributed by atoms with Gasteiger partial charge in [-0.2, -0.15) is 0 Å². The van der Waals surface area contributed by atoms with Gasteiger partial charge >= 0.3 is 0 Å². The van der Waals surface area contributed by atoms with Crippen molar-refractivity contribution in [3.05, 3.63) is 0 Å². The highest BCUT2D eigenvalue weighted by Gasteiger charge is 2.40. The number of hydrogen-bond donors (Lipinski definition) is 1. The van der Waals surface area contributed by atoms with Gasteiger partial charge in [0.2, 0.25) is 0 Å². The second-order valence-electron chi connectivity index (χ2n) is 5.36. The number of nitrogens with one attached hydrogen (secondary N) is 1. The quantitative estimate of drug-likeness (QED) is 0.563. The molecule has 0 radical (unpaired) electrons. The monoisotopic (exact) mass is 295 g/mol. The van der Waals surface area contributed by atoms with Crippen LogP contribution in [0.5, 0.6) is 0 Å². The Kier molecular flexibility index (Phi) is 3.53. The fraction of sp³-hybridized carbons (Fsp3) is 1.00. The lowest BCUT2D eigenvalue weighted by atomic mass is 9.66. The Hall–Kier alpha value is 0.530. The molecule has 0 bridgehead atoms. The molecule has 1 rings (SSSR count). The smallest absolute Gasteiger partial charge is 0.0315 e. The lowest BCUT2D eigenvalue weighted by molar-refractivity contribution is 0.141. The molecule has 13 heavy (non-hydrogen) atoms. The van der Waals surface area contributed by atoms with E-state index in [2.05, 4.69) is 27.7 Å². The van der Waals surface area contributed by atoms with Crippen LogP contribution in [-0.2, 0) is 0 Å². The van der Waals surface area contributed by atoms with E-state index in [1.807, 2.05) is 0 Å². The summed E-state index contributed by atoms with van der Waals surface area (Å²) in [5.74, 6) is 0.841. The van der Waals surface area contributed by atoms with Crippen molar-refractivity contribution in [1.29, 1.82) is 3.56 Å². The molecule has 0 aromatic carbocycles. The third-order valence-corrected chi connectivity index (χ3v) is 5.62. The zero-order chi connectivity index (χ0) is 10.1. The Balaban J connectivity index is 2.79. The molecule has 1 saturated carbocycles. The fourth-order valence-electron chi connectivity index (χ4n) is 3.02. The van der Waals surface area contributed by atoms with Crippen molar-refractivity contribution in [2.24, 2.45) is 11.3 Å². The SMILES string of the molecule is CCC1(C)CC(C)CC(C)(I=N)C1. The van der Waals surface area contributed by atoms with Crippen molar-refractivity contribution in [3.8, 4) is 0 Å². The molecule has 3 atom stereocenters. The highest BCUT2D eigenvalue weighted by atomic mass is 127. The Morgan fingerprint density at radius 2 is 2.00 bits per heavy atom. The minimum Gasteiger partial charge on any atom is -0.278 e. The summed E-state index contributed by atoms with van der Waals surface area (Å²) >= 11 is -0.340. The molecular weight excluding hydrogens is 273 g/mol. The predicted molar refractivity (Wildman–Crippen MR) is 66.6 cm³/mol. The van der Waals surface area contributed by atoms with Gasteiger partial charge < -0.3 is 0 Å².